The van der Waals surface area contributed by atoms with Gasteiger partial charge in [0.1, 0.15) is 0 Å². The van der Waals surface area contributed by atoms with Crippen LogP contribution in [0, 0.1) is 0 Å². The molecule has 0 spiro atoms. The van der Waals surface area contributed by atoms with Gasteiger partial charge < -0.3 is 15.2 Å². The Labute approximate surface area is 102 Å². The molecule has 1 unspecified atom stereocenters. The Bertz CT molecular complexity index is 401. The molecule has 3 heteroatoms. The molecule has 3 rings (SSSR count). The average molecular weight is 233 g/mol. The van der Waals surface area contributed by atoms with Crippen molar-refractivity contribution in [1.29, 1.82) is 0 Å². The van der Waals surface area contributed by atoms with Gasteiger partial charge >= 0.3 is 0 Å². The summed E-state index contributed by atoms with van der Waals surface area (Å²) in [4.78, 5) is 0. The molecule has 0 bridgehead atoms. The second-order valence-corrected chi connectivity index (χ2v) is 5.13. The summed E-state index contributed by atoms with van der Waals surface area (Å²) in [6, 6.07) is 8.49. The maximum absolute atomic E-state index is 9.28. The molecule has 1 heterocycles. The molecule has 1 saturated carbocycles. The number of aliphatic hydroxyl groups excluding tert-OH is 1. The van der Waals surface area contributed by atoms with E-state index in [0.29, 0.717) is 0 Å². The zero-order chi connectivity index (χ0) is 11.7. The van der Waals surface area contributed by atoms with Crippen molar-refractivity contribution in [2.75, 3.05) is 19.8 Å². The number of rotatable bonds is 4. The van der Waals surface area contributed by atoms with Crippen molar-refractivity contribution in [2.45, 2.75) is 30.9 Å². The van der Waals surface area contributed by atoms with Gasteiger partial charge in [-0.15, -0.1) is 0 Å². The first-order valence-electron chi connectivity index (χ1n) is 6.38. The average Bonchev–Trinajstić information content (AvgIpc) is 3.17. The Kier molecular flexibility index (Phi) is 2.90. The predicted molar refractivity (Wildman–Crippen MR) is 65.9 cm³/mol. The highest BCUT2D eigenvalue weighted by molar-refractivity contribution is 5.31. The van der Waals surface area contributed by atoms with Crippen LogP contribution in [-0.4, -0.2) is 30.4 Å². The van der Waals surface area contributed by atoms with Gasteiger partial charge in [0.2, 0.25) is 0 Å². The zero-order valence-corrected chi connectivity index (χ0v) is 9.98. The molecule has 1 aliphatic carbocycles. The van der Waals surface area contributed by atoms with Crippen molar-refractivity contribution in [2.24, 2.45) is 0 Å². The Balaban J connectivity index is 1.68. The molecule has 92 valence electrons. The normalized spacial score (nSPS) is 25.4. The lowest BCUT2D eigenvalue weighted by Crippen LogP contribution is -2.39. The summed E-state index contributed by atoms with van der Waals surface area (Å²) >= 11 is 0. The van der Waals surface area contributed by atoms with Crippen molar-refractivity contribution in [1.82, 2.24) is 5.32 Å². The molecule has 1 fully saturated rings. The lowest BCUT2D eigenvalue weighted by molar-refractivity contribution is 0.0380. The molecule has 0 radical (unpaired) electrons. The van der Waals surface area contributed by atoms with Crippen LogP contribution in [0.4, 0.5) is 0 Å². The molecular formula is C14H19NO2. The van der Waals surface area contributed by atoms with E-state index in [2.05, 4.69) is 29.6 Å². The minimum absolute atomic E-state index is 0.00422. The summed E-state index contributed by atoms with van der Waals surface area (Å²) in [5, 5.41) is 12.7. The number of nitrogens with one attached hydrogen (secondary N) is 1. The van der Waals surface area contributed by atoms with E-state index in [1.807, 2.05) is 0 Å². The third-order valence-corrected chi connectivity index (χ3v) is 3.91. The first-order valence-corrected chi connectivity index (χ1v) is 6.38. The van der Waals surface area contributed by atoms with Gasteiger partial charge in [-0.1, -0.05) is 24.3 Å². The molecule has 2 N–H and O–H groups in total. The molecule has 3 nitrogen and oxygen atoms in total. The van der Waals surface area contributed by atoms with Gasteiger partial charge in [0, 0.05) is 12.1 Å². The molecule has 2 aliphatic rings. The molecule has 0 aromatic heterocycles. The Hall–Kier alpha value is -0.900. The smallest absolute Gasteiger partial charge is 0.0952 e. The van der Waals surface area contributed by atoms with Gasteiger partial charge in [0.05, 0.1) is 19.3 Å². The molecule has 0 saturated heterocycles. The van der Waals surface area contributed by atoms with Crippen molar-refractivity contribution < 1.29 is 9.84 Å². The van der Waals surface area contributed by atoms with Crippen molar-refractivity contribution in [3.05, 3.63) is 35.4 Å². The zero-order valence-electron chi connectivity index (χ0n) is 9.98. The van der Waals surface area contributed by atoms with Crippen molar-refractivity contribution >= 4 is 0 Å². The van der Waals surface area contributed by atoms with Crippen LogP contribution >= 0.6 is 0 Å². The minimum Gasteiger partial charge on any atom is -0.394 e. The summed E-state index contributed by atoms with van der Waals surface area (Å²) < 4.78 is 5.83. The first kappa shape index (κ1) is 11.2. The topological polar surface area (TPSA) is 41.5 Å². The lowest BCUT2D eigenvalue weighted by atomic mass is 9.97. The fourth-order valence-electron chi connectivity index (χ4n) is 2.50. The van der Waals surface area contributed by atoms with E-state index in [-0.39, 0.29) is 18.2 Å². The van der Waals surface area contributed by atoms with Gasteiger partial charge in [-0.25, -0.2) is 0 Å². The minimum atomic E-state index is -0.00422. The van der Waals surface area contributed by atoms with Gasteiger partial charge in [0.15, 0.2) is 0 Å². The van der Waals surface area contributed by atoms with Gasteiger partial charge in [-0.05, 0) is 30.4 Å². The summed E-state index contributed by atoms with van der Waals surface area (Å²) in [6.45, 7) is 1.84. The summed E-state index contributed by atoms with van der Waals surface area (Å²) in [6.07, 6.45) is 3.32. The third-order valence-electron chi connectivity index (χ3n) is 3.91. The van der Waals surface area contributed by atoms with Gasteiger partial charge in [0.25, 0.3) is 0 Å². The van der Waals surface area contributed by atoms with Crippen LogP contribution in [0.2, 0.25) is 0 Å². The monoisotopic (exact) mass is 233 g/mol. The van der Waals surface area contributed by atoms with E-state index in [0.717, 1.165) is 32.4 Å². The van der Waals surface area contributed by atoms with Crippen LogP contribution in [0.25, 0.3) is 0 Å². The Morgan fingerprint density at radius 2 is 2.18 bits per heavy atom. The maximum atomic E-state index is 9.28. The number of ether oxygens (including phenoxy) is 1. The molecule has 17 heavy (non-hydrogen) atoms. The fourth-order valence-corrected chi connectivity index (χ4v) is 2.50. The number of benzene rings is 1. The van der Waals surface area contributed by atoms with Gasteiger partial charge in [-0.2, -0.15) is 0 Å². The van der Waals surface area contributed by atoms with E-state index in [9.17, 15) is 5.11 Å². The SMILES string of the molecule is OCC1(NCC2OCCc3ccccc32)CC1. The first-order chi connectivity index (χ1) is 8.33. The van der Waals surface area contributed by atoms with Crippen molar-refractivity contribution in [3.63, 3.8) is 0 Å². The van der Waals surface area contributed by atoms with E-state index in [4.69, 9.17) is 4.74 Å². The lowest BCUT2D eigenvalue weighted by Gasteiger charge is -2.28. The predicted octanol–water partition coefficient (Wildman–Crippen LogP) is 1.41. The number of hydrogen-bond acceptors (Lipinski definition) is 3. The van der Waals surface area contributed by atoms with Crippen LogP contribution in [-0.2, 0) is 11.2 Å². The van der Waals surface area contributed by atoms with E-state index in [1.165, 1.54) is 11.1 Å². The number of aliphatic hydroxyl groups is 1. The third kappa shape index (κ3) is 2.23. The van der Waals surface area contributed by atoms with Crippen LogP contribution < -0.4 is 5.32 Å². The quantitative estimate of drug-likeness (QED) is 0.826. The highest BCUT2D eigenvalue weighted by atomic mass is 16.5. The Morgan fingerprint density at radius 3 is 2.94 bits per heavy atom. The molecule has 1 aromatic carbocycles. The molecular weight excluding hydrogens is 214 g/mol. The highest BCUT2D eigenvalue weighted by Crippen LogP contribution is 2.35. The van der Waals surface area contributed by atoms with E-state index < -0.39 is 0 Å². The number of fused-ring (bicyclic) bond motifs is 1. The van der Waals surface area contributed by atoms with Crippen LogP contribution in [0.3, 0.4) is 0 Å². The molecule has 0 amide bonds. The van der Waals surface area contributed by atoms with Crippen molar-refractivity contribution in [3.8, 4) is 0 Å². The maximum Gasteiger partial charge on any atom is 0.0952 e. The summed E-state index contributed by atoms with van der Waals surface area (Å²) in [5.74, 6) is 0. The number of hydrogen-bond donors (Lipinski definition) is 2. The van der Waals surface area contributed by atoms with E-state index >= 15 is 0 Å². The largest absolute Gasteiger partial charge is 0.394 e. The van der Waals surface area contributed by atoms with Crippen LogP contribution in [0.1, 0.15) is 30.1 Å². The second kappa shape index (κ2) is 4.41. The summed E-state index contributed by atoms with van der Waals surface area (Å²) in [7, 11) is 0. The Morgan fingerprint density at radius 1 is 1.35 bits per heavy atom. The molecule has 1 atom stereocenters. The highest BCUT2D eigenvalue weighted by Gasteiger charge is 2.42. The van der Waals surface area contributed by atoms with Crippen LogP contribution in [0.15, 0.2) is 24.3 Å². The standard InChI is InChI=1S/C14H19NO2/c16-10-14(6-7-14)15-9-13-12-4-2-1-3-11(12)5-8-17-13/h1-4,13,15-16H,5-10H2. The van der Waals surface area contributed by atoms with Gasteiger partial charge in [-0.3, -0.25) is 0 Å². The van der Waals surface area contributed by atoms with E-state index in [1.54, 1.807) is 0 Å². The molecule has 1 aromatic rings. The second-order valence-electron chi connectivity index (χ2n) is 5.13. The summed E-state index contributed by atoms with van der Waals surface area (Å²) in [5.41, 5.74) is 2.70. The molecule has 1 aliphatic heterocycles. The fraction of sp³-hybridized carbons (Fsp3) is 0.571. The van der Waals surface area contributed by atoms with Crippen LogP contribution in [0.5, 0.6) is 0 Å².